The highest BCUT2D eigenvalue weighted by Gasteiger charge is 2.59. The van der Waals surface area contributed by atoms with Crippen molar-refractivity contribution in [3.8, 4) is 0 Å². The molecule has 3 atom stereocenters. The number of hydrogen-bond acceptors (Lipinski definition) is 2. The van der Waals surface area contributed by atoms with E-state index in [1.807, 2.05) is 13.0 Å². The van der Waals surface area contributed by atoms with Crippen LogP contribution in [0, 0.1) is 11.7 Å². The molecule has 4 heteroatoms. The van der Waals surface area contributed by atoms with E-state index in [4.69, 9.17) is 4.84 Å². The SMILES string of the molecule is C[C@@]1(c2cc(Br)ccc2F)NOC2CC21. The lowest BCUT2D eigenvalue weighted by Gasteiger charge is -2.26. The molecule has 0 aromatic heterocycles. The highest BCUT2D eigenvalue weighted by atomic mass is 79.9. The van der Waals surface area contributed by atoms with E-state index in [0.717, 1.165) is 10.9 Å². The Balaban J connectivity index is 2.08. The van der Waals surface area contributed by atoms with E-state index >= 15 is 0 Å². The second-order valence-corrected chi connectivity index (χ2v) is 5.34. The molecule has 1 aliphatic heterocycles. The summed E-state index contributed by atoms with van der Waals surface area (Å²) >= 11 is 3.37. The van der Waals surface area contributed by atoms with E-state index in [0.29, 0.717) is 11.5 Å². The fourth-order valence-corrected chi connectivity index (χ4v) is 2.69. The van der Waals surface area contributed by atoms with Crippen LogP contribution in [-0.4, -0.2) is 6.10 Å². The predicted octanol–water partition coefficient (Wildman–Crippen LogP) is 2.73. The quantitative estimate of drug-likeness (QED) is 0.848. The average Bonchev–Trinajstić information content (AvgIpc) is 2.92. The molecule has 0 amide bonds. The molecule has 80 valence electrons. The van der Waals surface area contributed by atoms with Crippen molar-refractivity contribution in [2.75, 3.05) is 0 Å². The lowest BCUT2D eigenvalue weighted by Crippen LogP contribution is -2.37. The summed E-state index contributed by atoms with van der Waals surface area (Å²) in [6, 6.07) is 5.02. The largest absolute Gasteiger partial charge is 0.297 e. The standard InChI is InChI=1S/C11H11BrFNO/c1-11(8-5-10(8)15-14-11)7-4-6(12)2-3-9(7)13/h2-4,8,10,14H,5H2,1H3/t8?,10?,11-/m0/s1. The molecule has 2 unspecified atom stereocenters. The minimum Gasteiger partial charge on any atom is -0.297 e. The maximum atomic E-state index is 13.7. The molecule has 1 aliphatic carbocycles. The third-order valence-corrected chi connectivity index (χ3v) is 3.88. The molecule has 3 rings (SSSR count). The van der Waals surface area contributed by atoms with Gasteiger partial charge in [-0.2, -0.15) is 5.48 Å². The number of hydrogen-bond donors (Lipinski definition) is 1. The van der Waals surface area contributed by atoms with Gasteiger partial charge in [-0.15, -0.1) is 0 Å². The topological polar surface area (TPSA) is 21.3 Å². The van der Waals surface area contributed by atoms with Gasteiger partial charge >= 0.3 is 0 Å². The van der Waals surface area contributed by atoms with Gasteiger partial charge in [-0.05, 0) is 31.5 Å². The second-order valence-electron chi connectivity index (χ2n) is 4.43. The molecule has 1 heterocycles. The first-order valence-electron chi connectivity index (χ1n) is 4.99. The van der Waals surface area contributed by atoms with E-state index in [1.54, 1.807) is 6.07 Å². The van der Waals surface area contributed by atoms with Crippen molar-refractivity contribution in [1.82, 2.24) is 5.48 Å². The Morgan fingerprint density at radius 1 is 1.60 bits per heavy atom. The fourth-order valence-electron chi connectivity index (χ4n) is 2.33. The van der Waals surface area contributed by atoms with Crippen molar-refractivity contribution in [3.63, 3.8) is 0 Å². The van der Waals surface area contributed by atoms with Crippen LogP contribution in [0.4, 0.5) is 4.39 Å². The number of nitrogens with one attached hydrogen (secondary N) is 1. The summed E-state index contributed by atoms with van der Waals surface area (Å²) in [6.45, 7) is 2.00. The first-order chi connectivity index (χ1) is 7.11. The molecule has 1 aromatic rings. The summed E-state index contributed by atoms with van der Waals surface area (Å²) in [4.78, 5) is 5.36. The average molecular weight is 272 g/mol. The van der Waals surface area contributed by atoms with E-state index in [9.17, 15) is 4.39 Å². The number of hydroxylamine groups is 1. The summed E-state index contributed by atoms with van der Waals surface area (Å²) in [7, 11) is 0. The Labute approximate surface area is 95.9 Å². The van der Waals surface area contributed by atoms with Crippen LogP contribution in [0.1, 0.15) is 18.9 Å². The lowest BCUT2D eigenvalue weighted by molar-refractivity contribution is 0.0212. The van der Waals surface area contributed by atoms with E-state index in [2.05, 4.69) is 21.4 Å². The van der Waals surface area contributed by atoms with Crippen LogP contribution in [-0.2, 0) is 10.4 Å². The van der Waals surface area contributed by atoms with Crippen LogP contribution in [0.5, 0.6) is 0 Å². The first-order valence-corrected chi connectivity index (χ1v) is 5.79. The van der Waals surface area contributed by atoms with Gasteiger partial charge in [0, 0.05) is 16.0 Å². The summed E-state index contributed by atoms with van der Waals surface area (Å²) in [5.41, 5.74) is 3.26. The van der Waals surface area contributed by atoms with Gasteiger partial charge in [-0.1, -0.05) is 15.9 Å². The zero-order chi connectivity index (χ0) is 10.6. The van der Waals surface area contributed by atoms with Crippen LogP contribution < -0.4 is 5.48 Å². The van der Waals surface area contributed by atoms with Crippen LogP contribution in [0.15, 0.2) is 22.7 Å². The van der Waals surface area contributed by atoms with Gasteiger partial charge in [-0.25, -0.2) is 4.39 Å². The van der Waals surface area contributed by atoms with Crippen molar-refractivity contribution in [2.45, 2.75) is 25.0 Å². The third-order valence-electron chi connectivity index (χ3n) is 3.38. The van der Waals surface area contributed by atoms with Gasteiger partial charge in [0.15, 0.2) is 0 Å². The Morgan fingerprint density at radius 2 is 2.40 bits per heavy atom. The normalized spacial score (nSPS) is 37.8. The Morgan fingerprint density at radius 3 is 3.00 bits per heavy atom. The van der Waals surface area contributed by atoms with Crippen LogP contribution >= 0.6 is 15.9 Å². The highest BCUT2D eigenvalue weighted by Crippen LogP contribution is 2.52. The van der Waals surface area contributed by atoms with E-state index < -0.39 is 0 Å². The van der Waals surface area contributed by atoms with Gasteiger partial charge in [0.2, 0.25) is 0 Å². The molecule has 0 bridgehead atoms. The van der Waals surface area contributed by atoms with E-state index in [1.165, 1.54) is 6.07 Å². The molecule has 0 radical (unpaired) electrons. The lowest BCUT2D eigenvalue weighted by atomic mass is 9.88. The van der Waals surface area contributed by atoms with Gasteiger partial charge in [0.1, 0.15) is 5.82 Å². The van der Waals surface area contributed by atoms with Crippen LogP contribution in [0.2, 0.25) is 0 Å². The summed E-state index contributed by atoms with van der Waals surface area (Å²) in [5, 5.41) is 0. The van der Waals surface area contributed by atoms with Crippen LogP contribution in [0.3, 0.4) is 0 Å². The maximum absolute atomic E-state index is 13.7. The molecular formula is C11H11BrFNO. The molecule has 1 saturated carbocycles. The Kier molecular flexibility index (Phi) is 1.97. The summed E-state index contributed by atoms with van der Waals surface area (Å²) in [5.74, 6) is 0.227. The zero-order valence-electron chi connectivity index (χ0n) is 8.26. The summed E-state index contributed by atoms with van der Waals surface area (Å²) < 4.78 is 14.6. The van der Waals surface area contributed by atoms with Gasteiger partial charge in [0.05, 0.1) is 11.6 Å². The smallest absolute Gasteiger partial charge is 0.128 e. The molecule has 1 aromatic carbocycles. The zero-order valence-corrected chi connectivity index (χ0v) is 9.84. The number of benzene rings is 1. The van der Waals surface area contributed by atoms with Gasteiger partial charge in [-0.3, -0.25) is 4.84 Å². The maximum Gasteiger partial charge on any atom is 0.128 e. The van der Waals surface area contributed by atoms with Crippen molar-refractivity contribution in [3.05, 3.63) is 34.1 Å². The molecule has 15 heavy (non-hydrogen) atoms. The number of halogens is 2. The van der Waals surface area contributed by atoms with E-state index in [-0.39, 0.29) is 17.5 Å². The Bertz CT molecular complexity index is 425. The van der Waals surface area contributed by atoms with Crippen molar-refractivity contribution < 1.29 is 9.23 Å². The number of fused-ring (bicyclic) bond motifs is 1. The summed E-state index contributed by atoms with van der Waals surface area (Å²) in [6.07, 6.45) is 1.29. The minimum absolute atomic E-state index is 0.177. The molecular weight excluding hydrogens is 261 g/mol. The molecule has 0 spiro atoms. The third kappa shape index (κ3) is 1.35. The molecule has 2 aliphatic rings. The van der Waals surface area contributed by atoms with Crippen molar-refractivity contribution in [2.24, 2.45) is 5.92 Å². The predicted molar refractivity (Wildman–Crippen MR) is 57.6 cm³/mol. The van der Waals surface area contributed by atoms with Crippen molar-refractivity contribution in [1.29, 1.82) is 0 Å². The van der Waals surface area contributed by atoms with Crippen molar-refractivity contribution >= 4 is 15.9 Å². The van der Waals surface area contributed by atoms with Gasteiger partial charge in [0.25, 0.3) is 0 Å². The monoisotopic (exact) mass is 271 g/mol. The molecule has 1 N–H and O–H groups in total. The molecule has 2 fully saturated rings. The van der Waals surface area contributed by atoms with Crippen LogP contribution in [0.25, 0.3) is 0 Å². The number of rotatable bonds is 1. The second kappa shape index (κ2) is 3.03. The molecule has 2 nitrogen and oxygen atoms in total. The molecule has 1 saturated heterocycles. The Hall–Kier alpha value is -0.450. The fraction of sp³-hybridized carbons (Fsp3) is 0.455. The van der Waals surface area contributed by atoms with Gasteiger partial charge < -0.3 is 0 Å². The minimum atomic E-state index is -0.376. The highest BCUT2D eigenvalue weighted by molar-refractivity contribution is 9.10. The first kappa shape index (κ1) is 9.75.